The molecule has 0 aliphatic carbocycles. The molecule has 70 valence electrons. The number of nitriles is 1. The quantitative estimate of drug-likeness (QED) is 0.354. The summed E-state index contributed by atoms with van der Waals surface area (Å²) in [6.45, 7) is 0. The van der Waals surface area contributed by atoms with Gasteiger partial charge < -0.3 is 0 Å². The highest BCUT2D eigenvalue weighted by Crippen LogP contribution is 2.43. The molecule has 0 bridgehead atoms. The van der Waals surface area contributed by atoms with Crippen LogP contribution in [0.5, 0.6) is 0 Å². The van der Waals surface area contributed by atoms with Crippen LogP contribution in [-0.2, 0) is 0 Å². The molecule has 0 saturated carbocycles. The summed E-state index contributed by atoms with van der Waals surface area (Å²) in [6.07, 6.45) is 0. The summed E-state index contributed by atoms with van der Waals surface area (Å²) in [7, 11) is -6.35. The third-order valence-electron chi connectivity index (χ3n) is 0.935. The fraction of sp³-hybridized carbons (Fsp3) is 0.667. The molecule has 0 unspecified atom stereocenters. The first-order valence-corrected chi connectivity index (χ1v) is 5.31. The molecule has 0 aromatic rings. The molecule has 0 aliphatic heterocycles. The van der Waals surface area contributed by atoms with Gasteiger partial charge in [0.1, 0.15) is 0 Å². The molecule has 9 heteroatoms. The molecule has 0 heterocycles. The molecule has 0 N–H and O–H groups in total. The number of nitrogens with zero attached hydrogens (tertiary/aromatic N) is 1. The number of alkyl halides is 6. The number of hydrogen-bond acceptors (Lipinski definition) is 1. The summed E-state index contributed by atoms with van der Waals surface area (Å²) in [4.78, 5) is 0. The van der Waals surface area contributed by atoms with Gasteiger partial charge in [0, 0.05) is 0 Å². The van der Waals surface area contributed by atoms with Crippen LogP contribution in [0.1, 0.15) is 0 Å². The van der Waals surface area contributed by atoms with Crippen LogP contribution in [0.2, 0.25) is 0 Å². The maximum atomic E-state index is 11.6. The Morgan fingerprint density at radius 1 is 1.00 bits per heavy atom. The molecule has 0 saturated heterocycles. The fourth-order valence-corrected chi connectivity index (χ4v) is 0.862. The Kier molecular flexibility index (Phi) is 2.71. The Balaban J connectivity index is 5.14. The summed E-state index contributed by atoms with van der Waals surface area (Å²) in [5.74, 6) is -11.4. The van der Waals surface area contributed by atoms with E-state index in [1.165, 1.54) is 0 Å². The lowest BCUT2D eigenvalue weighted by atomic mass is 11.5. The van der Waals surface area contributed by atoms with E-state index in [1.807, 2.05) is 0 Å². The van der Waals surface area contributed by atoms with Crippen LogP contribution in [0.4, 0.5) is 26.3 Å². The van der Waals surface area contributed by atoms with Crippen molar-refractivity contribution in [1.82, 2.24) is 0 Å². The summed E-state index contributed by atoms with van der Waals surface area (Å²) in [5.41, 5.74) is 0.113. The van der Waals surface area contributed by atoms with Crippen LogP contribution < -0.4 is 0 Å². The predicted molar refractivity (Wildman–Crippen MR) is 29.3 cm³/mol. The highest BCUT2D eigenvalue weighted by atomic mass is 35.6. The standard InChI is InChI=1S/C3ClF6NSi/c4-12(1-11,2(5,6)7)3(8,9)10. The first-order chi connectivity index (χ1) is 5.06. The van der Waals surface area contributed by atoms with Crippen LogP contribution in [0.15, 0.2) is 0 Å². The molecule has 0 rings (SSSR count). The summed E-state index contributed by atoms with van der Waals surface area (Å²) >= 11 is 4.20. The summed E-state index contributed by atoms with van der Waals surface area (Å²) < 4.78 is 69.5. The zero-order valence-corrected chi connectivity index (χ0v) is 6.85. The SMILES string of the molecule is N#C[Si](Cl)(C(F)(F)F)C(F)(F)F. The van der Waals surface area contributed by atoms with E-state index >= 15 is 0 Å². The average Bonchev–Trinajstić information content (AvgIpc) is 1.81. The lowest BCUT2D eigenvalue weighted by Gasteiger charge is -2.21. The molecule has 0 amide bonds. The zero-order chi connectivity index (χ0) is 10.2. The Morgan fingerprint density at radius 2 is 1.25 bits per heavy atom. The smallest absolute Gasteiger partial charge is 0.204 e. The van der Waals surface area contributed by atoms with Crippen LogP contribution in [0, 0.1) is 11.0 Å². The van der Waals surface area contributed by atoms with Crippen LogP contribution >= 0.6 is 11.1 Å². The van der Waals surface area contributed by atoms with Gasteiger partial charge in [-0.1, -0.05) is 0 Å². The topological polar surface area (TPSA) is 23.8 Å². The summed E-state index contributed by atoms with van der Waals surface area (Å²) in [6, 6.07) is 0. The number of hydrogen-bond donors (Lipinski definition) is 0. The second-order valence-corrected chi connectivity index (χ2v) is 6.14. The molecular formula is C3ClF6NSi. The largest absolute Gasteiger partial charge is 0.499 e. The third kappa shape index (κ3) is 1.66. The molecule has 0 radical (unpaired) electrons. The van der Waals surface area contributed by atoms with Gasteiger partial charge in [-0.25, -0.2) is 5.26 Å². The van der Waals surface area contributed by atoms with Crippen LogP contribution in [-0.4, -0.2) is 19.0 Å². The van der Waals surface area contributed by atoms with E-state index in [0.29, 0.717) is 0 Å². The Morgan fingerprint density at radius 3 is 1.25 bits per heavy atom. The Labute approximate surface area is 68.2 Å². The van der Waals surface area contributed by atoms with E-state index in [0.717, 1.165) is 0 Å². The van der Waals surface area contributed by atoms with Crippen molar-refractivity contribution in [2.24, 2.45) is 0 Å². The Bertz CT molecular complexity index is 198. The van der Waals surface area contributed by atoms with Crippen molar-refractivity contribution in [3.63, 3.8) is 0 Å². The van der Waals surface area contributed by atoms with Crippen molar-refractivity contribution >= 4 is 18.5 Å². The van der Waals surface area contributed by atoms with Crippen LogP contribution in [0.25, 0.3) is 0 Å². The van der Waals surface area contributed by atoms with Gasteiger partial charge in [-0.3, -0.25) is 0 Å². The van der Waals surface area contributed by atoms with Gasteiger partial charge in [0.25, 0.3) is 0 Å². The summed E-state index contributed by atoms with van der Waals surface area (Å²) in [5, 5.41) is 7.70. The fourth-order valence-electron chi connectivity index (χ4n) is 0.287. The van der Waals surface area contributed by atoms with Crippen molar-refractivity contribution in [3.8, 4) is 5.69 Å². The second-order valence-electron chi connectivity index (χ2n) is 1.77. The molecule has 0 spiro atoms. The van der Waals surface area contributed by atoms with Gasteiger partial charge in [-0.05, 0) is 0 Å². The van der Waals surface area contributed by atoms with Gasteiger partial charge >= 0.3 is 19.0 Å². The predicted octanol–water partition coefficient (Wildman–Crippen LogP) is 2.44. The number of rotatable bonds is 0. The lowest BCUT2D eigenvalue weighted by Crippen LogP contribution is -2.57. The van der Waals surface area contributed by atoms with Crippen molar-refractivity contribution < 1.29 is 26.3 Å². The van der Waals surface area contributed by atoms with Gasteiger partial charge in [-0.15, -0.1) is 11.1 Å². The molecule has 0 aromatic carbocycles. The Hall–Kier alpha value is -0.423. The maximum absolute atomic E-state index is 11.6. The normalized spacial score (nSPS) is 14.2. The van der Waals surface area contributed by atoms with E-state index in [1.54, 1.807) is 0 Å². The van der Waals surface area contributed by atoms with Crippen molar-refractivity contribution in [2.75, 3.05) is 0 Å². The molecule has 1 nitrogen and oxygen atoms in total. The van der Waals surface area contributed by atoms with Crippen molar-refractivity contribution in [2.45, 2.75) is 11.6 Å². The first-order valence-electron chi connectivity index (χ1n) is 2.30. The molecule has 0 fully saturated rings. The molecular weight excluding hydrogens is 228 g/mol. The van der Waals surface area contributed by atoms with Gasteiger partial charge in [0.15, 0.2) is 0 Å². The maximum Gasteiger partial charge on any atom is 0.499 e. The highest BCUT2D eigenvalue weighted by Gasteiger charge is 2.75. The number of halogens is 7. The van der Waals surface area contributed by atoms with Crippen molar-refractivity contribution in [3.05, 3.63) is 0 Å². The lowest BCUT2D eigenvalue weighted by molar-refractivity contribution is -0.104. The van der Waals surface area contributed by atoms with Gasteiger partial charge in [-0.2, -0.15) is 26.3 Å². The van der Waals surface area contributed by atoms with Crippen molar-refractivity contribution in [1.29, 1.82) is 5.26 Å². The minimum atomic E-state index is -6.35. The van der Waals surface area contributed by atoms with E-state index in [9.17, 15) is 26.3 Å². The molecule has 0 aromatic heterocycles. The average molecular weight is 228 g/mol. The van der Waals surface area contributed by atoms with E-state index < -0.39 is 19.0 Å². The van der Waals surface area contributed by atoms with E-state index in [2.05, 4.69) is 11.1 Å². The minimum Gasteiger partial charge on any atom is -0.204 e. The third-order valence-corrected chi connectivity index (χ3v) is 4.35. The molecule has 0 atom stereocenters. The van der Waals surface area contributed by atoms with Gasteiger partial charge in [0.2, 0.25) is 0 Å². The monoisotopic (exact) mass is 227 g/mol. The molecule has 12 heavy (non-hydrogen) atoms. The van der Waals surface area contributed by atoms with Crippen LogP contribution in [0.3, 0.4) is 0 Å². The minimum absolute atomic E-state index is 0.113. The molecule has 0 aliphatic rings. The first kappa shape index (κ1) is 11.6. The van der Waals surface area contributed by atoms with E-state index in [-0.39, 0.29) is 5.69 Å². The highest BCUT2D eigenvalue weighted by molar-refractivity contribution is 7.26. The van der Waals surface area contributed by atoms with Gasteiger partial charge in [0.05, 0.1) is 5.69 Å². The van der Waals surface area contributed by atoms with E-state index in [4.69, 9.17) is 5.26 Å². The second kappa shape index (κ2) is 2.81. The zero-order valence-electron chi connectivity index (χ0n) is 5.09.